The van der Waals surface area contributed by atoms with Gasteiger partial charge < -0.3 is 157 Å². The van der Waals surface area contributed by atoms with Crippen LogP contribution in [0.3, 0.4) is 0 Å². The first-order chi connectivity index (χ1) is 58.5. The predicted molar refractivity (Wildman–Crippen MR) is 433 cm³/mol. The molecule has 4 saturated heterocycles. The van der Waals surface area contributed by atoms with E-state index >= 15 is 0 Å². The van der Waals surface area contributed by atoms with Gasteiger partial charge in [-0.2, -0.15) is 0 Å². The van der Waals surface area contributed by atoms with Crippen molar-refractivity contribution in [1.82, 2.24) is 58.1 Å². The zero-order chi connectivity index (χ0) is 89.6. The first-order valence-electron chi connectivity index (χ1n) is 43.3. The van der Waals surface area contributed by atoms with E-state index in [0.717, 1.165) is 44.9 Å². The largest absolute Gasteiger partial charge is 0.394 e. The van der Waals surface area contributed by atoms with Crippen LogP contribution in [0.25, 0.3) is 0 Å². The van der Waals surface area contributed by atoms with Gasteiger partial charge in [-0.3, -0.25) is 52.7 Å². The van der Waals surface area contributed by atoms with Crippen molar-refractivity contribution in [2.24, 2.45) is 0 Å². The van der Waals surface area contributed by atoms with E-state index in [2.05, 4.69) is 53.2 Å². The molecular formula is C80H143N11O31. The van der Waals surface area contributed by atoms with Gasteiger partial charge in [0.2, 0.25) is 65.0 Å². The number of amides is 11. The lowest BCUT2D eigenvalue weighted by Crippen LogP contribution is -2.64. The van der Waals surface area contributed by atoms with Crippen molar-refractivity contribution >= 4 is 65.0 Å². The van der Waals surface area contributed by atoms with Crippen molar-refractivity contribution in [2.75, 3.05) is 138 Å². The SMILES string of the molecule is CCOC[C@@H]1C[C@@H](O)CN1C(=O)CCCCCCCCCCC(=O)NC(COCCC(=O)NCCCNC(=O)CCCCOC1OC(CO)C(O)C(O)C1NC(C)=O)(COCCC(=O)NCCCNC(=O)CCCCOC1OC(CO)C(O)C(O)C1NC(C)=O)COCCC(=O)NCCCNC(=O)CCCCOC1OC(CO)C(O)C(O)C1NC(C)=O. The van der Waals surface area contributed by atoms with Gasteiger partial charge in [-0.15, -0.1) is 0 Å². The average Bonchev–Trinajstić information content (AvgIpc) is 1.08. The van der Waals surface area contributed by atoms with Crippen LogP contribution in [0.1, 0.15) is 195 Å². The number of likely N-dealkylation sites (tertiary alicyclic amines) is 1. The van der Waals surface area contributed by atoms with E-state index in [1.165, 1.54) is 20.8 Å². The van der Waals surface area contributed by atoms with E-state index in [4.69, 9.17) is 47.4 Å². The van der Waals surface area contributed by atoms with Gasteiger partial charge in [0.15, 0.2) is 18.9 Å². The van der Waals surface area contributed by atoms with Crippen LogP contribution in [0.5, 0.6) is 0 Å². The lowest BCUT2D eigenvalue weighted by Gasteiger charge is -2.42. The molecule has 11 amide bonds. The monoisotopic (exact) mass is 1750 g/mol. The molecule has 20 N–H and O–H groups in total. The number of aliphatic hydroxyl groups is 10. The Bertz CT molecular complexity index is 2790. The van der Waals surface area contributed by atoms with Crippen LogP contribution in [-0.2, 0) is 100 Å². The molecule has 0 aromatic carbocycles. The van der Waals surface area contributed by atoms with Crippen molar-refractivity contribution in [1.29, 1.82) is 0 Å². The molecule has 0 bridgehead atoms. The third-order valence-corrected chi connectivity index (χ3v) is 20.7. The third kappa shape index (κ3) is 43.5. The number of carbonyl (C=O) groups excluding carboxylic acids is 11. The van der Waals surface area contributed by atoms with Crippen molar-refractivity contribution < 1.29 is 151 Å². The summed E-state index contributed by atoms with van der Waals surface area (Å²) < 4.78 is 57.8. The maximum Gasteiger partial charge on any atom is 0.222 e. The molecule has 4 aliphatic heterocycles. The van der Waals surface area contributed by atoms with Crippen LogP contribution in [-0.4, -0.2) is 369 Å². The minimum atomic E-state index is -1.46. The van der Waals surface area contributed by atoms with Gasteiger partial charge in [0.1, 0.15) is 78.6 Å². The van der Waals surface area contributed by atoms with Crippen molar-refractivity contribution in [3.05, 3.63) is 0 Å². The molecule has 0 radical (unpaired) electrons. The van der Waals surface area contributed by atoms with Gasteiger partial charge in [0.25, 0.3) is 0 Å². The van der Waals surface area contributed by atoms with Crippen molar-refractivity contribution in [3.8, 4) is 0 Å². The number of aliphatic hydroxyl groups excluding tert-OH is 10. The Morgan fingerprint density at radius 2 is 0.656 bits per heavy atom. The fourth-order valence-electron chi connectivity index (χ4n) is 14.0. The number of β-amino-alcohol motifs (C(OH)–C–C–N with tert-alkyl or cyclic N) is 1. The average molecular weight is 1760 g/mol. The van der Waals surface area contributed by atoms with Gasteiger partial charge in [-0.25, -0.2) is 0 Å². The molecule has 122 heavy (non-hydrogen) atoms. The number of hydrogen-bond donors (Lipinski definition) is 20. The van der Waals surface area contributed by atoms with Crippen LogP contribution < -0.4 is 53.2 Å². The summed E-state index contributed by atoms with van der Waals surface area (Å²) in [7, 11) is 0. The molecule has 42 nitrogen and oxygen atoms in total. The first-order valence-corrected chi connectivity index (χ1v) is 43.3. The number of nitrogens with one attached hydrogen (secondary N) is 10. The van der Waals surface area contributed by atoms with Crippen LogP contribution >= 0.6 is 0 Å². The predicted octanol–water partition coefficient (Wildman–Crippen LogP) is -4.78. The Morgan fingerprint density at radius 1 is 0.361 bits per heavy atom. The molecule has 0 spiro atoms. The van der Waals surface area contributed by atoms with Crippen LogP contribution in [0.2, 0.25) is 0 Å². The maximum atomic E-state index is 14.1. The zero-order valence-electron chi connectivity index (χ0n) is 71.5. The standard InChI is InChI=1S/C80H143N11O31/c1-5-113-48-55-43-56(98)44-91(55)67(106)27-13-11-9-7-6-8-10-12-26-66(105)90-80(49-114-40-28-63(102)84-34-20-31-81-60(99)23-14-17-37-117-77-68(87-52(2)95)74(110)71(107)57(45-92)120-77,50-115-41-29-64(103)85-35-21-32-82-61(100)24-15-18-38-118-78-69(88-53(3)96)75(111)72(108)58(46-93)121-78)51-116-42-30-65(104)86-36-22-33-83-62(101)25-16-19-39-119-79-70(89-54(4)97)76(112)73(109)59(47-94)122-79/h55-59,68-79,92-94,98,107-112H,5-51H2,1-4H3,(H,81,99)(H,82,100)(H,83,101)(H,84,102)(H,85,103)(H,86,104)(H,87,95)(H,88,96)(H,89,97)(H,90,105)/t55-,56+,57?,58?,59?,68?,69?,70?,71?,72?,73?,74?,75?,76?,77?,78?,79?,80?/m0/s1. The summed E-state index contributed by atoms with van der Waals surface area (Å²) in [6, 6.07) is -3.42. The fourth-order valence-corrected chi connectivity index (χ4v) is 14.0. The van der Waals surface area contributed by atoms with E-state index < -0.39 is 141 Å². The van der Waals surface area contributed by atoms with Crippen LogP contribution in [0.4, 0.5) is 0 Å². The van der Waals surface area contributed by atoms with E-state index in [-0.39, 0.29) is 197 Å². The molecule has 4 fully saturated rings. The van der Waals surface area contributed by atoms with Gasteiger partial charge in [0.05, 0.1) is 78.2 Å². The smallest absolute Gasteiger partial charge is 0.222 e. The topological polar surface area (TPSA) is 606 Å². The number of ether oxygens (including phenoxy) is 10. The quantitative estimate of drug-likeness (QED) is 0.0254. The lowest BCUT2D eigenvalue weighted by atomic mass is 9.97. The molecule has 0 aromatic heterocycles. The second kappa shape index (κ2) is 62.5. The minimum Gasteiger partial charge on any atom is -0.394 e. The minimum absolute atomic E-state index is 0.0176. The van der Waals surface area contributed by atoms with Gasteiger partial charge >= 0.3 is 0 Å². The number of hydrogen-bond acceptors (Lipinski definition) is 31. The number of unbranched alkanes of at least 4 members (excludes halogenated alkanes) is 10. The lowest BCUT2D eigenvalue weighted by molar-refractivity contribution is -0.270. The highest BCUT2D eigenvalue weighted by Gasteiger charge is 2.48. The molecule has 704 valence electrons. The number of carbonyl (C=O) groups is 11. The van der Waals surface area contributed by atoms with E-state index in [9.17, 15) is 104 Å². The summed E-state index contributed by atoms with van der Waals surface area (Å²) in [5.41, 5.74) is -1.43. The molecule has 42 heteroatoms. The van der Waals surface area contributed by atoms with E-state index in [1.807, 2.05) is 6.92 Å². The van der Waals surface area contributed by atoms with Crippen LogP contribution in [0, 0.1) is 0 Å². The second-order valence-corrected chi connectivity index (χ2v) is 31.3. The normalized spacial score (nSPS) is 25.0. The molecular weight excluding hydrogens is 1610 g/mol. The zero-order valence-corrected chi connectivity index (χ0v) is 71.5. The first kappa shape index (κ1) is 108. The van der Waals surface area contributed by atoms with E-state index in [0.29, 0.717) is 96.8 Å². The Balaban J connectivity index is 1.30. The maximum absolute atomic E-state index is 14.1. The summed E-state index contributed by atoms with van der Waals surface area (Å²) in [6.07, 6.45) is -5.18. The molecule has 4 aliphatic rings. The third-order valence-electron chi connectivity index (χ3n) is 20.7. The Labute approximate surface area is 714 Å². The van der Waals surface area contributed by atoms with Gasteiger partial charge in [0, 0.05) is 144 Å². The number of nitrogens with zero attached hydrogens (tertiary/aromatic N) is 1. The summed E-state index contributed by atoms with van der Waals surface area (Å²) in [5.74, 6) is -3.72. The van der Waals surface area contributed by atoms with Gasteiger partial charge in [-0.05, 0) is 84.0 Å². The molecule has 4 rings (SSSR count). The highest BCUT2D eigenvalue weighted by atomic mass is 16.7. The molecule has 17 atom stereocenters. The highest BCUT2D eigenvalue weighted by molar-refractivity contribution is 5.79. The van der Waals surface area contributed by atoms with Crippen LogP contribution in [0.15, 0.2) is 0 Å². The molecule has 0 aromatic rings. The molecule has 4 heterocycles. The Morgan fingerprint density at radius 3 is 0.967 bits per heavy atom. The Kier molecular flexibility index (Phi) is 55.2. The molecule has 0 aliphatic carbocycles. The molecule has 15 unspecified atom stereocenters. The highest BCUT2D eigenvalue weighted by Crippen LogP contribution is 2.27. The van der Waals surface area contributed by atoms with Crippen molar-refractivity contribution in [3.63, 3.8) is 0 Å². The second-order valence-electron chi connectivity index (χ2n) is 31.3. The van der Waals surface area contributed by atoms with Crippen molar-refractivity contribution in [2.45, 2.75) is 304 Å². The summed E-state index contributed by atoms with van der Waals surface area (Å²) >= 11 is 0. The fraction of sp³-hybridized carbons (Fsp3) is 0.863. The Hall–Kier alpha value is -6.63. The van der Waals surface area contributed by atoms with Gasteiger partial charge in [-0.1, -0.05) is 38.5 Å². The van der Waals surface area contributed by atoms with E-state index in [1.54, 1.807) is 4.90 Å². The summed E-state index contributed by atoms with van der Waals surface area (Å²) in [4.78, 5) is 142. The summed E-state index contributed by atoms with van der Waals surface area (Å²) in [5, 5.41) is 129. The summed E-state index contributed by atoms with van der Waals surface area (Å²) in [6.45, 7) is 5.43. The molecule has 0 saturated carbocycles. The number of rotatable bonds is 66.